The number of benzene rings is 2. The molecule has 2 aromatic carbocycles. The molecule has 2 aromatic rings. The van der Waals surface area contributed by atoms with E-state index >= 15 is 0 Å². The molecule has 1 aliphatic heterocycles. The molecule has 2 atom stereocenters. The van der Waals surface area contributed by atoms with Gasteiger partial charge in [-0.2, -0.15) is 0 Å². The SMILES string of the molecule is C=CC(OC1=C(O)C(c2ccccc2)OC1=O)c1ccccc1. The van der Waals surface area contributed by atoms with Crippen molar-refractivity contribution in [3.8, 4) is 0 Å². The number of carbonyl (C=O) groups excluding carboxylic acids is 1. The van der Waals surface area contributed by atoms with Gasteiger partial charge in [-0.3, -0.25) is 0 Å². The molecule has 0 saturated heterocycles. The van der Waals surface area contributed by atoms with Gasteiger partial charge in [0.15, 0.2) is 11.9 Å². The first-order valence-electron chi connectivity index (χ1n) is 7.24. The van der Waals surface area contributed by atoms with Gasteiger partial charge in [-0.25, -0.2) is 4.79 Å². The summed E-state index contributed by atoms with van der Waals surface area (Å²) in [6.07, 6.45) is 0.189. The normalized spacial score (nSPS) is 18.4. The number of hydrogen-bond donors (Lipinski definition) is 1. The Morgan fingerprint density at radius 1 is 1.09 bits per heavy atom. The van der Waals surface area contributed by atoms with Crippen molar-refractivity contribution in [3.63, 3.8) is 0 Å². The lowest BCUT2D eigenvalue weighted by molar-refractivity contribution is -0.144. The quantitative estimate of drug-likeness (QED) is 0.670. The molecule has 0 bridgehead atoms. The molecule has 1 heterocycles. The molecule has 2 unspecified atom stereocenters. The third-order valence-electron chi connectivity index (χ3n) is 3.58. The lowest BCUT2D eigenvalue weighted by atomic mass is 10.1. The average Bonchev–Trinajstić information content (AvgIpc) is 2.88. The Kier molecular flexibility index (Phi) is 4.15. The molecule has 0 amide bonds. The summed E-state index contributed by atoms with van der Waals surface area (Å²) < 4.78 is 10.9. The van der Waals surface area contributed by atoms with E-state index in [-0.39, 0.29) is 11.5 Å². The summed E-state index contributed by atoms with van der Waals surface area (Å²) in [5.74, 6) is -1.07. The van der Waals surface area contributed by atoms with Gasteiger partial charge < -0.3 is 14.6 Å². The van der Waals surface area contributed by atoms with Crippen molar-refractivity contribution in [2.45, 2.75) is 12.2 Å². The van der Waals surface area contributed by atoms with Crippen molar-refractivity contribution in [2.24, 2.45) is 0 Å². The van der Waals surface area contributed by atoms with Crippen LogP contribution in [-0.4, -0.2) is 11.1 Å². The van der Waals surface area contributed by atoms with Crippen molar-refractivity contribution in [2.75, 3.05) is 0 Å². The molecule has 0 radical (unpaired) electrons. The van der Waals surface area contributed by atoms with E-state index in [4.69, 9.17) is 9.47 Å². The van der Waals surface area contributed by atoms with Crippen LogP contribution in [0.1, 0.15) is 23.3 Å². The molecule has 0 aliphatic carbocycles. The molecule has 116 valence electrons. The summed E-state index contributed by atoms with van der Waals surface area (Å²) in [7, 11) is 0. The molecule has 23 heavy (non-hydrogen) atoms. The zero-order valence-electron chi connectivity index (χ0n) is 12.4. The van der Waals surface area contributed by atoms with Gasteiger partial charge in [0.1, 0.15) is 6.10 Å². The summed E-state index contributed by atoms with van der Waals surface area (Å²) in [4.78, 5) is 12.1. The average molecular weight is 308 g/mol. The third kappa shape index (κ3) is 2.97. The molecule has 1 N–H and O–H groups in total. The summed E-state index contributed by atoms with van der Waals surface area (Å²) >= 11 is 0. The van der Waals surface area contributed by atoms with E-state index in [1.54, 1.807) is 18.2 Å². The molecular weight excluding hydrogens is 292 g/mol. The van der Waals surface area contributed by atoms with Crippen molar-refractivity contribution in [1.29, 1.82) is 0 Å². The van der Waals surface area contributed by atoms with Crippen LogP contribution in [0.2, 0.25) is 0 Å². The van der Waals surface area contributed by atoms with Crippen molar-refractivity contribution < 1.29 is 19.4 Å². The van der Waals surface area contributed by atoms with E-state index in [1.807, 2.05) is 48.5 Å². The van der Waals surface area contributed by atoms with E-state index < -0.39 is 18.2 Å². The highest BCUT2D eigenvalue weighted by molar-refractivity contribution is 5.89. The number of carbonyl (C=O) groups is 1. The first-order chi connectivity index (χ1) is 11.2. The molecule has 4 nitrogen and oxygen atoms in total. The van der Waals surface area contributed by atoms with Crippen LogP contribution in [0, 0.1) is 0 Å². The minimum Gasteiger partial charge on any atom is -0.505 e. The van der Waals surface area contributed by atoms with Crippen LogP contribution in [0.15, 0.2) is 84.8 Å². The van der Waals surface area contributed by atoms with Crippen LogP contribution in [0.4, 0.5) is 0 Å². The van der Waals surface area contributed by atoms with Crippen molar-refractivity contribution >= 4 is 5.97 Å². The second-order valence-electron chi connectivity index (χ2n) is 5.10. The van der Waals surface area contributed by atoms with Crippen LogP contribution in [-0.2, 0) is 14.3 Å². The Morgan fingerprint density at radius 2 is 1.70 bits per heavy atom. The summed E-state index contributed by atoms with van der Waals surface area (Å²) in [5.41, 5.74) is 1.52. The lowest BCUT2D eigenvalue weighted by Gasteiger charge is -2.15. The third-order valence-corrected chi connectivity index (χ3v) is 3.58. The zero-order chi connectivity index (χ0) is 16.2. The Morgan fingerprint density at radius 3 is 2.30 bits per heavy atom. The van der Waals surface area contributed by atoms with Gasteiger partial charge in [-0.15, -0.1) is 0 Å². The van der Waals surface area contributed by atoms with E-state index in [0.717, 1.165) is 5.56 Å². The monoisotopic (exact) mass is 308 g/mol. The number of aliphatic hydroxyl groups excluding tert-OH is 1. The Hall–Kier alpha value is -3.01. The predicted octanol–water partition coefficient (Wildman–Crippen LogP) is 4.00. The van der Waals surface area contributed by atoms with E-state index in [2.05, 4.69) is 6.58 Å². The molecular formula is C19H16O4. The molecule has 0 fully saturated rings. The van der Waals surface area contributed by atoms with Gasteiger partial charge in [-0.05, 0) is 11.6 Å². The fourth-order valence-electron chi connectivity index (χ4n) is 2.42. The molecule has 4 heteroatoms. The summed E-state index contributed by atoms with van der Waals surface area (Å²) in [5, 5.41) is 10.3. The van der Waals surface area contributed by atoms with Gasteiger partial charge in [-0.1, -0.05) is 67.2 Å². The van der Waals surface area contributed by atoms with Gasteiger partial charge in [0.2, 0.25) is 5.76 Å². The highest BCUT2D eigenvalue weighted by Gasteiger charge is 2.38. The maximum atomic E-state index is 12.1. The largest absolute Gasteiger partial charge is 0.505 e. The van der Waals surface area contributed by atoms with Crippen LogP contribution in [0.5, 0.6) is 0 Å². The van der Waals surface area contributed by atoms with Gasteiger partial charge in [0.25, 0.3) is 0 Å². The molecule has 3 rings (SSSR count). The minimum atomic E-state index is -0.833. The Bertz CT molecular complexity index is 734. The maximum Gasteiger partial charge on any atom is 0.378 e. The van der Waals surface area contributed by atoms with Crippen LogP contribution in [0.3, 0.4) is 0 Å². The first-order valence-corrected chi connectivity index (χ1v) is 7.24. The minimum absolute atomic E-state index is 0.174. The standard InChI is InChI=1S/C19H16O4/c1-2-15(13-9-5-3-6-10-13)22-18-16(20)17(23-19(18)21)14-11-7-4-8-12-14/h2-12,15,17,20H,1H2. The van der Waals surface area contributed by atoms with Crippen LogP contribution < -0.4 is 0 Å². The zero-order valence-corrected chi connectivity index (χ0v) is 12.4. The second kappa shape index (κ2) is 6.40. The molecule has 0 spiro atoms. The lowest BCUT2D eigenvalue weighted by Crippen LogP contribution is -2.08. The first kappa shape index (κ1) is 14.9. The highest BCUT2D eigenvalue weighted by atomic mass is 16.6. The van der Waals surface area contributed by atoms with E-state index in [1.165, 1.54) is 0 Å². The second-order valence-corrected chi connectivity index (χ2v) is 5.10. The summed E-state index contributed by atoms with van der Waals surface area (Å²) in [6.45, 7) is 3.73. The topological polar surface area (TPSA) is 55.8 Å². The van der Waals surface area contributed by atoms with Gasteiger partial charge in [0.05, 0.1) is 0 Å². The summed E-state index contributed by atoms with van der Waals surface area (Å²) in [6, 6.07) is 18.4. The van der Waals surface area contributed by atoms with E-state index in [9.17, 15) is 9.90 Å². The molecule has 0 saturated carbocycles. The highest BCUT2D eigenvalue weighted by Crippen LogP contribution is 2.36. The fourth-order valence-corrected chi connectivity index (χ4v) is 2.42. The van der Waals surface area contributed by atoms with Crippen LogP contribution in [0.25, 0.3) is 0 Å². The number of rotatable bonds is 5. The maximum absolute atomic E-state index is 12.1. The number of esters is 1. The molecule has 0 aromatic heterocycles. The van der Waals surface area contributed by atoms with Crippen molar-refractivity contribution in [1.82, 2.24) is 0 Å². The number of aliphatic hydroxyl groups is 1. The number of ether oxygens (including phenoxy) is 2. The number of hydrogen-bond acceptors (Lipinski definition) is 4. The van der Waals surface area contributed by atoms with Crippen molar-refractivity contribution in [3.05, 3.63) is 96.0 Å². The van der Waals surface area contributed by atoms with Crippen LogP contribution >= 0.6 is 0 Å². The Labute approximate surface area is 134 Å². The molecule has 1 aliphatic rings. The van der Waals surface area contributed by atoms with E-state index in [0.29, 0.717) is 5.56 Å². The Balaban J connectivity index is 1.87. The predicted molar refractivity (Wildman–Crippen MR) is 85.4 cm³/mol. The number of cyclic esters (lactones) is 1. The smallest absolute Gasteiger partial charge is 0.378 e. The van der Waals surface area contributed by atoms with Gasteiger partial charge >= 0.3 is 5.97 Å². The van der Waals surface area contributed by atoms with Gasteiger partial charge in [0, 0.05) is 5.56 Å². The fraction of sp³-hybridized carbons (Fsp3) is 0.105.